The lowest BCUT2D eigenvalue weighted by Crippen LogP contribution is -2.32. The molecule has 0 fully saturated rings. The highest BCUT2D eigenvalue weighted by Gasteiger charge is 2.23. The first-order valence-corrected chi connectivity index (χ1v) is 4.96. The van der Waals surface area contributed by atoms with Crippen LogP contribution in [0.2, 0.25) is 0 Å². The molecule has 2 rings (SSSR count). The van der Waals surface area contributed by atoms with Gasteiger partial charge in [0.25, 0.3) is 10.9 Å². The molecule has 1 N–H and O–H groups in total. The zero-order valence-electron chi connectivity index (χ0n) is 5.62. The third-order valence-electron chi connectivity index (χ3n) is 1.54. The van der Waals surface area contributed by atoms with Crippen LogP contribution in [0.5, 0.6) is 5.75 Å². The van der Waals surface area contributed by atoms with Crippen molar-refractivity contribution in [3.8, 4) is 5.75 Å². The lowest BCUT2D eigenvalue weighted by Gasteiger charge is -1.95. The quantitative estimate of drug-likeness (QED) is 0.536. The van der Waals surface area contributed by atoms with Crippen LogP contribution < -0.4 is 4.57 Å². The summed E-state index contributed by atoms with van der Waals surface area (Å²) in [6.45, 7) is 0.938. The Morgan fingerprint density at radius 3 is 3.36 bits per heavy atom. The van der Waals surface area contributed by atoms with Crippen molar-refractivity contribution in [1.82, 2.24) is 4.98 Å². The Morgan fingerprint density at radius 2 is 2.55 bits per heavy atom. The van der Waals surface area contributed by atoms with Gasteiger partial charge in [0.1, 0.15) is 6.54 Å². The number of aryl methyl sites for hydroxylation is 1. The molecule has 0 unspecified atom stereocenters. The molecular formula is C6H6BrN2OS+. The monoisotopic (exact) mass is 233 g/mol. The Balaban J connectivity index is 2.62. The smallest absolute Gasteiger partial charge is 0.288 e. The van der Waals surface area contributed by atoms with E-state index in [4.69, 9.17) is 0 Å². The maximum Gasteiger partial charge on any atom is 0.288 e. The summed E-state index contributed by atoms with van der Waals surface area (Å²) < 4.78 is 2.48. The number of hydrogen-bond acceptors (Lipinski definition) is 3. The number of aromatic hydroxyl groups is 1. The van der Waals surface area contributed by atoms with E-state index in [9.17, 15) is 5.11 Å². The summed E-state index contributed by atoms with van der Waals surface area (Å²) in [5, 5.41) is 10.4. The number of aromatic nitrogens is 2. The topological polar surface area (TPSA) is 37.0 Å². The summed E-state index contributed by atoms with van der Waals surface area (Å²) in [5.41, 5.74) is 0. The molecule has 2 heterocycles. The van der Waals surface area contributed by atoms with Crippen molar-refractivity contribution in [2.24, 2.45) is 0 Å². The molecular weight excluding hydrogens is 228 g/mol. The van der Waals surface area contributed by atoms with Gasteiger partial charge in [-0.05, 0) is 4.98 Å². The van der Waals surface area contributed by atoms with E-state index in [0.29, 0.717) is 4.60 Å². The summed E-state index contributed by atoms with van der Waals surface area (Å²) in [6.07, 6.45) is 1.74. The van der Waals surface area contributed by atoms with Gasteiger partial charge in [-0.25, -0.2) is 4.57 Å². The Labute approximate surface area is 76.6 Å². The van der Waals surface area contributed by atoms with Crippen molar-refractivity contribution in [3.05, 3.63) is 10.9 Å². The molecule has 3 nitrogen and oxygen atoms in total. The molecule has 0 bridgehead atoms. The van der Waals surface area contributed by atoms with E-state index in [-0.39, 0.29) is 5.75 Å². The van der Waals surface area contributed by atoms with Gasteiger partial charge in [-0.3, -0.25) is 0 Å². The normalized spacial score (nSPS) is 15.0. The second kappa shape index (κ2) is 2.64. The maximum atomic E-state index is 9.47. The lowest BCUT2D eigenvalue weighted by molar-refractivity contribution is -0.726. The summed E-state index contributed by atoms with van der Waals surface area (Å²) in [5.74, 6) is 1.28. The van der Waals surface area contributed by atoms with Gasteiger partial charge < -0.3 is 5.11 Å². The summed E-state index contributed by atoms with van der Waals surface area (Å²) in [4.78, 5) is 3.97. The lowest BCUT2D eigenvalue weighted by atomic mass is 10.6. The van der Waals surface area contributed by atoms with Crippen LogP contribution in [-0.4, -0.2) is 15.8 Å². The molecule has 0 saturated carbocycles. The summed E-state index contributed by atoms with van der Waals surface area (Å²) in [7, 11) is 0. The molecule has 0 atom stereocenters. The number of hydrogen-bond donors (Lipinski definition) is 1. The van der Waals surface area contributed by atoms with Crippen LogP contribution in [0.3, 0.4) is 0 Å². The molecule has 0 aliphatic carbocycles. The minimum Gasteiger partial charge on any atom is -0.500 e. The van der Waals surface area contributed by atoms with Gasteiger partial charge in [-0.1, -0.05) is 11.8 Å². The van der Waals surface area contributed by atoms with Crippen molar-refractivity contribution in [3.63, 3.8) is 0 Å². The molecule has 0 saturated heterocycles. The van der Waals surface area contributed by atoms with E-state index in [0.717, 1.165) is 17.3 Å². The largest absolute Gasteiger partial charge is 0.500 e. The fourth-order valence-corrected chi connectivity index (χ4v) is 2.44. The van der Waals surface area contributed by atoms with Crippen molar-refractivity contribution < 1.29 is 9.67 Å². The van der Waals surface area contributed by atoms with Crippen LogP contribution >= 0.6 is 27.7 Å². The van der Waals surface area contributed by atoms with E-state index in [1.54, 1.807) is 18.1 Å². The van der Waals surface area contributed by atoms with Crippen molar-refractivity contribution >= 4 is 27.7 Å². The van der Waals surface area contributed by atoms with E-state index in [1.807, 2.05) is 4.57 Å². The van der Waals surface area contributed by atoms with Crippen LogP contribution in [0, 0.1) is 0 Å². The first kappa shape index (κ1) is 7.36. The number of nitrogens with zero attached hydrogens (tertiary/aromatic N) is 2. The summed E-state index contributed by atoms with van der Waals surface area (Å²) in [6, 6.07) is 0. The molecule has 58 valence electrons. The van der Waals surface area contributed by atoms with Gasteiger partial charge in [0.15, 0.2) is 0 Å². The second-order valence-corrected chi connectivity index (χ2v) is 4.07. The zero-order valence-corrected chi connectivity index (χ0v) is 8.02. The molecule has 1 aromatic rings. The summed E-state index contributed by atoms with van der Waals surface area (Å²) >= 11 is 4.81. The average molecular weight is 234 g/mol. The average Bonchev–Trinajstić information content (AvgIpc) is 2.45. The van der Waals surface area contributed by atoms with Gasteiger partial charge in [0.2, 0.25) is 10.8 Å². The van der Waals surface area contributed by atoms with Gasteiger partial charge in [-0.15, -0.1) is 0 Å². The third kappa shape index (κ3) is 1.12. The first-order valence-electron chi connectivity index (χ1n) is 3.19. The Hall–Kier alpha value is -0.290. The fourth-order valence-electron chi connectivity index (χ4n) is 1.01. The van der Waals surface area contributed by atoms with Crippen LogP contribution in [0.4, 0.5) is 0 Å². The van der Waals surface area contributed by atoms with E-state index < -0.39 is 0 Å². The molecule has 0 aromatic carbocycles. The Morgan fingerprint density at radius 1 is 1.73 bits per heavy atom. The first-order chi connectivity index (χ1) is 5.29. The second-order valence-electron chi connectivity index (χ2n) is 2.23. The fraction of sp³-hybridized carbons (Fsp3) is 0.333. The minimum absolute atomic E-state index is 0.259. The highest BCUT2D eigenvalue weighted by atomic mass is 79.9. The van der Waals surface area contributed by atoms with Crippen molar-refractivity contribution in [2.45, 2.75) is 11.6 Å². The molecule has 0 spiro atoms. The highest BCUT2D eigenvalue weighted by Crippen LogP contribution is 2.32. The van der Waals surface area contributed by atoms with Crippen LogP contribution in [-0.2, 0) is 6.54 Å². The molecule has 1 aromatic heterocycles. The Bertz CT molecular complexity index is 305. The predicted molar refractivity (Wildman–Crippen MR) is 44.5 cm³/mol. The highest BCUT2D eigenvalue weighted by molar-refractivity contribution is 9.10. The van der Waals surface area contributed by atoms with E-state index in [1.165, 1.54) is 0 Å². The van der Waals surface area contributed by atoms with Gasteiger partial charge in [0.05, 0.1) is 0 Å². The minimum atomic E-state index is 0.259. The van der Waals surface area contributed by atoms with E-state index in [2.05, 4.69) is 20.9 Å². The predicted octanol–water partition coefficient (Wildman–Crippen LogP) is 0.943. The SMILES string of the molecule is Oc1c(Br)nc[n+]2c1SCC2. The van der Waals surface area contributed by atoms with Crippen LogP contribution in [0.1, 0.15) is 0 Å². The molecule has 11 heavy (non-hydrogen) atoms. The van der Waals surface area contributed by atoms with Crippen LogP contribution in [0.15, 0.2) is 16.0 Å². The number of thioether (sulfide) groups is 1. The van der Waals surface area contributed by atoms with Crippen molar-refractivity contribution in [1.29, 1.82) is 0 Å². The zero-order chi connectivity index (χ0) is 7.84. The third-order valence-corrected chi connectivity index (χ3v) is 3.21. The molecule has 1 aliphatic rings. The van der Waals surface area contributed by atoms with Crippen molar-refractivity contribution in [2.75, 3.05) is 5.75 Å². The molecule has 0 amide bonds. The van der Waals surface area contributed by atoms with Gasteiger partial charge in [0, 0.05) is 21.7 Å². The number of rotatable bonds is 0. The van der Waals surface area contributed by atoms with Crippen LogP contribution in [0.25, 0.3) is 0 Å². The molecule has 1 aliphatic heterocycles. The maximum absolute atomic E-state index is 9.47. The number of fused-ring (bicyclic) bond motifs is 1. The standard InChI is InChI=1S/C6H5BrN2OS/c7-5-4(10)6-9(3-8-5)1-2-11-6/h3H,1-2H2/p+1. The van der Waals surface area contributed by atoms with E-state index >= 15 is 0 Å². The number of halogens is 1. The Kier molecular flexibility index (Phi) is 1.77. The molecule has 5 heteroatoms. The van der Waals surface area contributed by atoms with Gasteiger partial charge >= 0.3 is 0 Å². The van der Waals surface area contributed by atoms with Gasteiger partial charge in [-0.2, -0.15) is 0 Å². The molecule has 0 radical (unpaired) electrons.